The molecular formula is C24H26N2O7S. The number of benzene rings is 2. The Labute approximate surface area is 202 Å². The Morgan fingerprint density at radius 2 is 1.74 bits per heavy atom. The van der Waals surface area contributed by atoms with Gasteiger partial charge in [-0.15, -0.1) is 0 Å². The molecule has 3 amide bonds. The molecule has 0 saturated carbocycles. The number of rotatable bonds is 11. The molecule has 2 aromatic carbocycles. The summed E-state index contributed by atoms with van der Waals surface area (Å²) in [6.07, 6.45) is 1.63. The third-order valence-corrected chi connectivity index (χ3v) is 5.65. The molecule has 0 aromatic heterocycles. The molecule has 0 atom stereocenters. The van der Waals surface area contributed by atoms with Crippen LogP contribution in [0.4, 0.5) is 4.79 Å². The van der Waals surface area contributed by atoms with Crippen LogP contribution in [-0.2, 0) is 9.59 Å². The zero-order valence-corrected chi connectivity index (χ0v) is 20.0. The highest BCUT2D eigenvalue weighted by atomic mass is 32.2. The number of thioether (sulfide) groups is 1. The van der Waals surface area contributed by atoms with Crippen LogP contribution in [0.15, 0.2) is 47.4 Å². The Morgan fingerprint density at radius 3 is 2.41 bits per heavy atom. The molecule has 0 unspecified atom stereocenters. The molecule has 0 aliphatic carbocycles. The summed E-state index contributed by atoms with van der Waals surface area (Å²) in [7, 11) is 3.10. The number of hydrogen-bond donors (Lipinski definition) is 1. The Hall–Kier alpha value is -3.66. The first-order chi connectivity index (χ1) is 16.4. The minimum Gasteiger partial charge on any atom is -0.497 e. The van der Waals surface area contributed by atoms with Crippen LogP contribution in [0, 0.1) is 0 Å². The van der Waals surface area contributed by atoms with E-state index in [9.17, 15) is 14.4 Å². The molecule has 1 fully saturated rings. The van der Waals surface area contributed by atoms with Crippen LogP contribution in [0.1, 0.15) is 12.5 Å². The van der Waals surface area contributed by atoms with Gasteiger partial charge >= 0.3 is 0 Å². The second-order valence-electron chi connectivity index (χ2n) is 6.99. The maximum absolute atomic E-state index is 12.7. The molecule has 34 heavy (non-hydrogen) atoms. The van der Waals surface area contributed by atoms with Gasteiger partial charge in [-0.3, -0.25) is 19.3 Å². The van der Waals surface area contributed by atoms with Gasteiger partial charge in [0.1, 0.15) is 11.5 Å². The Kier molecular flexibility index (Phi) is 8.80. The summed E-state index contributed by atoms with van der Waals surface area (Å²) in [5.74, 6) is 1.57. The second kappa shape index (κ2) is 12.0. The SMILES string of the molecule is CCOc1ccc(C=C2SC(=O)N(CCNC(=O)COc3ccc(OC)cc3)C2=O)cc1OC. The standard InChI is InChI=1S/C24H26N2O7S/c1-4-32-19-10-5-16(13-20(19)31-3)14-21-23(28)26(24(29)34-21)12-11-25-22(27)15-33-18-8-6-17(30-2)7-9-18/h5-10,13-14H,4,11-12,15H2,1-3H3,(H,25,27). The first-order valence-electron chi connectivity index (χ1n) is 10.5. The Bertz CT molecular complexity index is 1070. The van der Waals surface area contributed by atoms with Crippen molar-refractivity contribution in [2.24, 2.45) is 0 Å². The highest BCUT2D eigenvalue weighted by Crippen LogP contribution is 2.34. The maximum atomic E-state index is 12.7. The van der Waals surface area contributed by atoms with Crippen LogP contribution < -0.4 is 24.3 Å². The summed E-state index contributed by atoms with van der Waals surface area (Å²) < 4.78 is 21.3. The van der Waals surface area contributed by atoms with E-state index in [0.29, 0.717) is 40.1 Å². The van der Waals surface area contributed by atoms with E-state index in [4.69, 9.17) is 18.9 Å². The van der Waals surface area contributed by atoms with Crippen LogP contribution in [0.2, 0.25) is 0 Å². The predicted molar refractivity (Wildman–Crippen MR) is 128 cm³/mol. The summed E-state index contributed by atoms with van der Waals surface area (Å²) in [5.41, 5.74) is 0.704. The van der Waals surface area contributed by atoms with Gasteiger partial charge < -0.3 is 24.3 Å². The van der Waals surface area contributed by atoms with Crippen molar-refractivity contribution in [2.75, 3.05) is 40.5 Å². The third kappa shape index (κ3) is 6.44. The number of amides is 3. The predicted octanol–water partition coefficient (Wildman–Crippen LogP) is 3.33. The van der Waals surface area contributed by atoms with Gasteiger partial charge in [-0.2, -0.15) is 0 Å². The zero-order chi connectivity index (χ0) is 24.5. The lowest BCUT2D eigenvalue weighted by Gasteiger charge is -2.13. The van der Waals surface area contributed by atoms with Crippen molar-refractivity contribution in [1.29, 1.82) is 0 Å². The molecule has 0 spiro atoms. The number of ether oxygens (including phenoxy) is 4. The van der Waals surface area contributed by atoms with Gasteiger partial charge in [0.2, 0.25) is 0 Å². The molecule has 10 heteroatoms. The van der Waals surface area contributed by atoms with E-state index < -0.39 is 11.1 Å². The van der Waals surface area contributed by atoms with Crippen molar-refractivity contribution in [3.63, 3.8) is 0 Å². The van der Waals surface area contributed by atoms with Crippen LogP contribution in [-0.4, -0.2) is 62.5 Å². The molecule has 1 N–H and O–H groups in total. The van der Waals surface area contributed by atoms with Gasteiger partial charge in [0.15, 0.2) is 18.1 Å². The van der Waals surface area contributed by atoms with E-state index in [1.807, 2.05) is 6.92 Å². The van der Waals surface area contributed by atoms with Crippen molar-refractivity contribution in [3.8, 4) is 23.0 Å². The molecule has 0 radical (unpaired) electrons. The third-order valence-electron chi connectivity index (χ3n) is 4.75. The van der Waals surface area contributed by atoms with Crippen LogP contribution in [0.25, 0.3) is 6.08 Å². The van der Waals surface area contributed by atoms with Crippen molar-refractivity contribution < 1.29 is 33.3 Å². The summed E-state index contributed by atoms with van der Waals surface area (Å²) in [6, 6.07) is 12.1. The number of methoxy groups -OCH3 is 2. The molecule has 2 aromatic rings. The van der Waals surface area contributed by atoms with Crippen LogP contribution in [0.5, 0.6) is 23.0 Å². The van der Waals surface area contributed by atoms with Gasteiger partial charge in [-0.05, 0) is 66.7 Å². The smallest absolute Gasteiger partial charge is 0.293 e. The molecule has 1 aliphatic heterocycles. The quantitative estimate of drug-likeness (QED) is 0.483. The van der Waals surface area contributed by atoms with Gasteiger partial charge in [0, 0.05) is 13.1 Å². The first-order valence-corrected chi connectivity index (χ1v) is 11.4. The number of nitrogens with zero attached hydrogens (tertiary/aromatic N) is 1. The zero-order valence-electron chi connectivity index (χ0n) is 19.2. The van der Waals surface area contributed by atoms with Crippen LogP contribution in [0.3, 0.4) is 0 Å². The fraction of sp³-hybridized carbons (Fsp3) is 0.292. The summed E-state index contributed by atoms with van der Waals surface area (Å²) in [6.45, 7) is 2.36. The number of nitrogens with one attached hydrogen (secondary N) is 1. The van der Waals surface area contributed by atoms with Gasteiger partial charge in [-0.25, -0.2) is 0 Å². The summed E-state index contributed by atoms with van der Waals surface area (Å²) >= 11 is 0.853. The van der Waals surface area contributed by atoms with Crippen molar-refractivity contribution in [3.05, 3.63) is 52.9 Å². The molecule has 1 aliphatic rings. The fourth-order valence-corrected chi connectivity index (χ4v) is 3.94. The maximum Gasteiger partial charge on any atom is 0.293 e. The van der Waals surface area contributed by atoms with E-state index in [1.165, 1.54) is 7.11 Å². The minimum atomic E-state index is -0.411. The van der Waals surface area contributed by atoms with Crippen molar-refractivity contribution in [1.82, 2.24) is 10.2 Å². The lowest BCUT2D eigenvalue weighted by molar-refractivity contribution is -0.125. The van der Waals surface area contributed by atoms with E-state index in [-0.39, 0.29) is 25.6 Å². The molecular weight excluding hydrogens is 460 g/mol. The van der Waals surface area contributed by atoms with Gasteiger partial charge in [0.25, 0.3) is 17.1 Å². The van der Waals surface area contributed by atoms with Gasteiger partial charge in [-0.1, -0.05) is 6.07 Å². The summed E-state index contributed by atoms with van der Waals surface area (Å²) in [4.78, 5) is 38.4. The Balaban J connectivity index is 1.51. The topological polar surface area (TPSA) is 103 Å². The second-order valence-corrected chi connectivity index (χ2v) is 7.98. The largest absolute Gasteiger partial charge is 0.497 e. The average molecular weight is 487 g/mol. The average Bonchev–Trinajstić information content (AvgIpc) is 3.11. The van der Waals surface area contributed by atoms with E-state index in [0.717, 1.165) is 16.7 Å². The first kappa shape index (κ1) is 25.0. The summed E-state index contributed by atoms with van der Waals surface area (Å²) in [5, 5.41) is 2.26. The molecule has 1 saturated heterocycles. The van der Waals surface area contributed by atoms with Crippen molar-refractivity contribution in [2.45, 2.75) is 6.92 Å². The van der Waals surface area contributed by atoms with E-state index >= 15 is 0 Å². The highest BCUT2D eigenvalue weighted by molar-refractivity contribution is 8.18. The minimum absolute atomic E-state index is 0.0584. The van der Waals surface area contributed by atoms with E-state index in [2.05, 4.69) is 5.32 Å². The molecule has 9 nitrogen and oxygen atoms in total. The highest BCUT2D eigenvalue weighted by Gasteiger charge is 2.34. The normalized spacial score (nSPS) is 14.3. The van der Waals surface area contributed by atoms with Crippen LogP contribution >= 0.6 is 11.8 Å². The number of hydrogen-bond acceptors (Lipinski definition) is 8. The van der Waals surface area contributed by atoms with E-state index in [1.54, 1.807) is 55.7 Å². The molecule has 3 rings (SSSR count). The number of imide groups is 1. The lowest BCUT2D eigenvalue weighted by Crippen LogP contribution is -2.38. The monoisotopic (exact) mass is 486 g/mol. The number of carbonyl (C=O) groups is 3. The lowest BCUT2D eigenvalue weighted by atomic mass is 10.2. The molecule has 180 valence electrons. The Morgan fingerprint density at radius 1 is 1.00 bits per heavy atom. The molecule has 1 heterocycles. The van der Waals surface area contributed by atoms with Gasteiger partial charge in [0.05, 0.1) is 25.7 Å². The fourth-order valence-electron chi connectivity index (χ4n) is 3.07. The molecule has 0 bridgehead atoms. The van der Waals surface area contributed by atoms with Crippen molar-refractivity contribution >= 4 is 34.9 Å². The number of carbonyl (C=O) groups excluding carboxylic acids is 3.